The predicted molar refractivity (Wildman–Crippen MR) is 117 cm³/mol. The summed E-state index contributed by atoms with van der Waals surface area (Å²) in [5.41, 5.74) is 2.80. The van der Waals surface area contributed by atoms with Gasteiger partial charge in [-0.1, -0.05) is 36.4 Å². The van der Waals surface area contributed by atoms with Crippen LogP contribution in [0.4, 0.5) is 5.69 Å². The minimum absolute atomic E-state index is 0.0441. The molecule has 1 amide bonds. The van der Waals surface area contributed by atoms with Gasteiger partial charge in [0.1, 0.15) is 5.69 Å². The number of hydrogen-bond acceptors (Lipinski definition) is 4. The Hall–Kier alpha value is -4.07. The number of carbonyl (C=O) groups excluding carboxylic acids is 2. The maximum absolute atomic E-state index is 12.8. The van der Waals surface area contributed by atoms with Gasteiger partial charge in [0.25, 0.3) is 11.5 Å². The summed E-state index contributed by atoms with van der Waals surface area (Å²) in [6.07, 6.45) is 1.80. The highest BCUT2D eigenvalue weighted by Gasteiger charge is 2.19. The first-order valence-corrected chi connectivity index (χ1v) is 9.80. The van der Waals surface area contributed by atoms with Crippen LogP contribution in [0.1, 0.15) is 11.3 Å². The van der Waals surface area contributed by atoms with E-state index < -0.39 is 18.5 Å². The maximum atomic E-state index is 12.8. The number of ether oxygens (including phenoxy) is 1. The average molecular weight is 418 g/mol. The number of para-hydroxylation sites is 2. The highest BCUT2D eigenvalue weighted by molar-refractivity contribution is 5.94. The number of fused-ring (bicyclic) bond motifs is 1. The third-order valence-electron chi connectivity index (χ3n) is 5.19. The van der Waals surface area contributed by atoms with Crippen LogP contribution >= 0.6 is 0 Å². The van der Waals surface area contributed by atoms with E-state index >= 15 is 0 Å². The van der Waals surface area contributed by atoms with Crippen molar-refractivity contribution in [3.05, 3.63) is 82.4 Å². The number of rotatable bonds is 6. The molecule has 8 heteroatoms. The second-order valence-electron chi connectivity index (χ2n) is 7.18. The molecule has 8 nitrogen and oxygen atoms in total. The van der Waals surface area contributed by atoms with Gasteiger partial charge in [-0.15, -0.1) is 0 Å². The van der Waals surface area contributed by atoms with E-state index in [1.54, 1.807) is 37.0 Å². The number of benzene rings is 2. The summed E-state index contributed by atoms with van der Waals surface area (Å²) in [5.74, 6) is -1.09. The smallest absolute Gasteiger partial charge is 0.310 e. The molecule has 0 aliphatic carbocycles. The first-order chi connectivity index (χ1) is 15.0. The lowest BCUT2D eigenvalue weighted by Crippen LogP contribution is -2.26. The summed E-state index contributed by atoms with van der Waals surface area (Å²) in [6, 6.07) is 16.8. The lowest BCUT2D eigenvalue weighted by Gasteiger charge is -2.07. The Morgan fingerprint density at radius 2 is 1.77 bits per heavy atom. The van der Waals surface area contributed by atoms with Crippen LogP contribution in [-0.2, 0) is 27.8 Å². The van der Waals surface area contributed by atoms with Gasteiger partial charge < -0.3 is 15.0 Å². The van der Waals surface area contributed by atoms with E-state index in [0.717, 1.165) is 16.5 Å². The number of hydrogen-bond donors (Lipinski definition) is 2. The zero-order chi connectivity index (χ0) is 22.0. The van der Waals surface area contributed by atoms with E-state index in [1.165, 1.54) is 4.68 Å². The lowest BCUT2D eigenvalue weighted by atomic mass is 10.1. The Bertz CT molecular complexity index is 1310. The molecule has 158 valence electrons. The van der Waals surface area contributed by atoms with Gasteiger partial charge in [-0.05, 0) is 30.7 Å². The number of amides is 1. The van der Waals surface area contributed by atoms with Crippen LogP contribution in [0.5, 0.6) is 0 Å². The van der Waals surface area contributed by atoms with Gasteiger partial charge in [-0.2, -0.15) is 0 Å². The largest absolute Gasteiger partial charge is 0.455 e. The third kappa shape index (κ3) is 4.00. The van der Waals surface area contributed by atoms with Crippen LogP contribution in [0.25, 0.3) is 16.6 Å². The molecule has 0 atom stereocenters. The fraction of sp³-hybridized carbons (Fsp3) is 0.174. The van der Waals surface area contributed by atoms with Crippen LogP contribution in [0.15, 0.2) is 65.6 Å². The Balaban J connectivity index is 1.41. The van der Waals surface area contributed by atoms with Crippen molar-refractivity contribution >= 4 is 28.5 Å². The number of H-pyrrole nitrogens is 1. The van der Waals surface area contributed by atoms with Gasteiger partial charge in [0.05, 0.1) is 17.8 Å². The summed E-state index contributed by atoms with van der Waals surface area (Å²) in [6.45, 7) is 1.26. The molecule has 4 rings (SSSR count). The number of carbonyl (C=O) groups is 2. The number of esters is 1. The molecule has 0 radical (unpaired) electrons. The molecule has 0 spiro atoms. The monoisotopic (exact) mass is 418 g/mol. The first kappa shape index (κ1) is 20.2. The number of aromatic amines is 1. The van der Waals surface area contributed by atoms with E-state index in [9.17, 15) is 14.4 Å². The quantitative estimate of drug-likeness (QED) is 0.471. The molecular weight excluding hydrogens is 396 g/mol. The number of aromatic nitrogens is 3. The molecule has 0 aliphatic heterocycles. The van der Waals surface area contributed by atoms with Gasteiger partial charge in [-0.3, -0.25) is 19.1 Å². The summed E-state index contributed by atoms with van der Waals surface area (Å²) in [4.78, 5) is 40.5. The molecular formula is C23H22N4O4. The molecule has 2 N–H and O–H groups in total. The van der Waals surface area contributed by atoms with Gasteiger partial charge in [0.15, 0.2) is 6.61 Å². The van der Waals surface area contributed by atoms with Crippen molar-refractivity contribution in [2.75, 3.05) is 11.9 Å². The molecule has 0 saturated carbocycles. The van der Waals surface area contributed by atoms with Crippen LogP contribution in [-0.4, -0.2) is 32.8 Å². The second kappa shape index (κ2) is 8.35. The lowest BCUT2D eigenvalue weighted by molar-refractivity contribution is -0.146. The molecule has 2 heterocycles. The molecule has 4 aromatic rings. The van der Waals surface area contributed by atoms with Crippen molar-refractivity contribution in [3.63, 3.8) is 0 Å². The van der Waals surface area contributed by atoms with Crippen molar-refractivity contribution < 1.29 is 14.3 Å². The van der Waals surface area contributed by atoms with Gasteiger partial charge in [0, 0.05) is 24.1 Å². The third-order valence-corrected chi connectivity index (χ3v) is 5.19. The standard InChI is InChI=1S/C23H22N4O4/c1-15-22(23(30)27(26(15)2)17-8-4-3-5-9-17)25-20(28)14-31-21(29)12-16-13-24-19-11-7-6-10-18(16)19/h3-11,13,24H,12,14H2,1-2H3,(H,25,28). The van der Waals surface area contributed by atoms with Crippen LogP contribution in [0.3, 0.4) is 0 Å². The molecule has 0 fully saturated rings. The van der Waals surface area contributed by atoms with E-state index in [-0.39, 0.29) is 17.7 Å². The first-order valence-electron chi connectivity index (χ1n) is 9.80. The van der Waals surface area contributed by atoms with Crippen molar-refractivity contribution in [2.45, 2.75) is 13.3 Å². The highest BCUT2D eigenvalue weighted by Crippen LogP contribution is 2.18. The predicted octanol–water partition coefficient (Wildman–Crippen LogP) is 2.69. The molecule has 0 saturated heterocycles. The van der Waals surface area contributed by atoms with E-state index in [2.05, 4.69) is 10.3 Å². The van der Waals surface area contributed by atoms with Gasteiger partial charge in [-0.25, -0.2) is 4.68 Å². The molecule has 0 unspecified atom stereocenters. The summed E-state index contributed by atoms with van der Waals surface area (Å²) < 4.78 is 8.25. The summed E-state index contributed by atoms with van der Waals surface area (Å²) in [7, 11) is 1.74. The molecule has 2 aromatic carbocycles. The summed E-state index contributed by atoms with van der Waals surface area (Å²) >= 11 is 0. The van der Waals surface area contributed by atoms with E-state index in [1.807, 2.05) is 42.5 Å². The van der Waals surface area contributed by atoms with E-state index in [4.69, 9.17) is 4.74 Å². The molecule has 2 aromatic heterocycles. The Morgan fingerprint density at radius 3 is 2.55 bits per heavy atom. The van der Waals surface area contributed by atoms with Gasteiger partial charge >= 0.3 is 5.97 Å². The SMILES string of the molecule is Cc1c(NC(=O)COC(=O)Cc2c[nH]c3ccccc23)c(=O)n(-c2ccccc2)n1C. The fourth-order valence-corrected chi connectivity index (χ4v) is 3.52. The highest BCUT2D eigenvalue weighted by atomic mass is 16.5. The van der Waals surface area contributed by atoms with Crippen molar-refractivity contribution in [1.29, 1.82) is 0 Å². The van der Waals surface area contributed by atoms with Crippen molar-refractivity contribution in [2.24, 2.45) is 7.05 Å². The normalized spacial score (nSPS) is 10.9. The molecule has 0 bridgehead atoms. The topological polar surface area (TPSA) is 98.1 Å². The van der Waals surface area contributed by atoms with Crippen LogP contribution in [0.2, 0.25) is 0 Å². The van der Waals surface area contributed by atoms with Crippen molar-refractivity contribution in [3.8, 4) is 5.69 Å². The number of anilines is 1. The zero-order valence-electron chi connectivity index (χ0n) is 17.2. The molecule has 31 heavy (non-hydrogen) atoms. The maximum Gasteiger partial charge on any atom is 0.310 e. The van der Waals surface area contributed by atoms with Crippen molar-refractivity contribution in [1.82, 2.24) is 14.3 Å². The zero-order valence-corrected chi connectivity index (χ0v) is 17.2. The Labute approximate surface area is 178 Å². The summed E-state index contributed by atoms with van der Waals surface area (Å²) in [5, 5.41) is 3.51. The van der Waals surface area contributed by atoms with Gasteiger partial charge in [0.2, 0.25) is 0 Å². The van der Waals surface area contributed by atoms with E-state index in [0.29, 0.717) is 11.4 Å². The second-order valence-corrected chi connectivity index (χ2v) is 7.18. The van der Waals surface area contributed by atoms with Crippen LogP contribution in [0, 0.1) is 6.92 Å². The minimum atomic E-state index is -0.571. The average Bonchev–Trinajstić information content (AvgIpc) is 3.27. The molecule has 0 aliphatic rings. The number of nitrogens with zero attached hydrogens (tertiary/aromatic N) is 2. The number of nitrogens with one attached hydrogen (secondary N) is 2. The Morgan fingerprint density at radius 1 is 1.06 bits per heavy atom. The Kier molecular flexibility index (Phi) is 5.44. The minimum Gasteiger partial charge on any atom is -0.455 e. The fourth-order valence-electron chi connectivity index (χ4n) is 3.52. The van der Waals surface area contributed by atoms with Crippen LogP contribution < -0.4 is 10.9 Å².